The average molecular weight is 656 g/mol. The van der Waals surface area contributed by atoms with Gasteiger partial charge in [0, 0.05) is 42.1 Å². The van der Waals surface area contributed by atoms with Gasteiger partial charge in [0.2, 0.25) is 0 Å². The fourth-order valence-electron chi connectivity index (χ4n) is 6.49. The van der Waals surface area contributed by atoms with Gasteiger partial charge in [0.1, 0.15) is 11.3 Å². The smallest absolute Gasteiger partial charge is 0.386 e. The average Bonchev–Trinajstić information content (AvgIpc) is 3.31. The van der Waals surface area contributed by atoms with Crippen LogP contribution < -0.4 is 4.90 Å². The van der Waals surface area contributed by atoms with Gasteiger partial charge in [0.25, 0.3) is 0 Å². The zero-order chi connectivity index (χ0) is 31.8. The van der Waals surface area contributed by atoms with E-state index in [4.69, 9.17) is 38.3 Å². The van der Waals surface area contributed by atoms with E-state index in [9.17, 15) is 22.8 Å². The molecular formula is C30H35Cl2F3N6O3. The molecule has 2 saturated heterocycles. The van der Waals surface area contributed by atoms with Gasteiger partial charge in [-0.15, -0.1) is 0 Å². The van der Waals surface area contributed by atoms with E-state index in [0.29, 0.717) is 34.1 Å². The molecule has 0 saturated carbocycles. The largest absolute Gasteiger partial charge is 0.491 e. The molecule has 2 aliphatic heterocycles. The van der Waals surface area contributed by atoms with Gasteiger partial charge in [0.05, 0.1) is 17.9 Å². The highest BCUT2D eigenvalue weighted by Crippen LogP contribution is 2.33. The van der Waals surface area contributed by atoms with Crippen LogP contribution in [0.25, 0.3) is 11.2 Å². The zero-order valence-electron chi connectivity index (χ0n) is 24.8. The Balaban J connectivity index is 1.22. The number of anilines is 1. The number of ether oxygens (including phenoxy) is 1. The van der Waals surface area contributed by atoms with Crippen molar-refractivity contribution in [1.82, 2.24) is 24.6 Å². The zero-order valence-corrected chi connectivity index (χ0v) is 26.3. The fourth-order valence-corrected chi connectivity index (χ4v) is 7.05. The lowest BCUT2D eigenvalue weighted by Crippen LogP contribution is -2.53. The van der Waals surface area contributed by atoms with Crippen molar-refractivity contribution in [1.29, 1.82) is 0 Å². The number of likely N-dealkylation sites (tertiary alicyclic amines) is 1. The Hall–Kier alpha value is -2.96. The lowest BCUT2D eigenvalue weighted by molar-refractivity contribution is -0.201. The van der Waals surface area contributed by atoms with Gasteiger partial charge in [-0.25, -0.2) is 19.4 Å². The fraction of sp³-hybridized carbons (Fsp3) is 0.567. The molecule has 0 amide bonds. The van der Waals surface area contributed by atoms with Crippen molar-refractivity contribution in [2.24, 2.45) is 11.8 Å². The topological polar surface area (TPSA) is 93.5 Å². The minimum atomic E-state index is -5.18. The molecule has 238 valence electrons. The molecule has 0 bridgehead atoms. The van der Waals surface area contributed by atoms with Crippen LogP contribution in [-0.4, -0.2) is 75.0 Å². The number of esters is 2. The van der Waals surface area contributed by atoms with Crippen LogP contribution >= 0.6 is 23.2 Å². The van der Waals surface area contributed by atoms with Crippen molar-refractivity contribution in [3.05, 3.63) is 45.7 Å². The summed E-state index contributed by atoms with van der Waals surface area (Å²) in [6.45, 7) is 9.39. The van der Waals surface area contributed by atoms with Crippen LogP contribution in [0.5, 0.6) is 0 Å². The highest BCUT2D eigenvalue weighted by Gasteiger charge is 2.42. The summed E-state index contributed by atoms with van der Waals surface area (Å²) in [5.41, 5.74) is 3.08. The third kappa shape index (κ3) is 7.13. The molecular weight excluding hydrogens is 620 g/mol. The normalized spacial score (nSPS) is 22.3. The van der Waals surface area contributed by atoms with Crippen molar-refractivity contribution < 1.29 is 27.5 Å². The predicted octanol–water partition coefficient (Wildman–Crippen LogP) is 6.39. The van der Waals surface area contributed by atoms with Crippen molar-refractivity contribution in [3.63, 3.8) is 0 Å². The summed E-state index contributed by atoms with van der Waals surface area (Å²) < 4.78 is 43.0. The highest BCUT2D eigenvalue weighted by molar-refractivity contribution is 6.35. The molecule has 0 N–H and O–H groups in total. The molecule has 44 heavy (non-hydrogen) atoms. The summed E-state index contributed by atoms with van der Waals surface area (Å²) in [4.78, 5) is 37.2. The molecule has 5 rings (SSSR count). The summed E-state index contributed by atoms with van der Waals surface area (Å²) in [5, 5.41) is 5.86. The van der Waals surface area contributed by atoms with Crippen molar-refractivity contribution in [3.8, 4) is 0 Å². The van der Waals surface area contributed by atoms with Gasteiger partial charge in [-0.2, -0.15) is 18.3 Å². The van der Waals surface area contributed by atoms with Crippen LogP contribution in [0, 0.1) is 18.8 Å². The summed E-state index contributed by atoms with van der Waals surface area (Å²) in [6.07, 6.45) is -0.477. The molecule has 0 unspecified atom stereocenters. The van der Waals surface area contributed by atoms with E-state index in [-0.39, 0.29) is 18.4 Å². The molecule has 0 radical (unpaired) electrons. The number of hydrogen-bond donors (Lipinski definition) is 0. The van der Waals surface area contributed by atoms with Gasteiger partial charge in [-0.1, -0.05) is 36.2 Å². The van der Waals surface area contributed by atoms with Crippen molar-refractivity contribution in [2.75, 3.05) is 31.1 Å². The number of rotatable bonds is 7. The summed E-state index contributed by atoms with van der Waals surface area (Å²) >= 11 is 12.6. The monoisotopic (exact) mass is 654 g/mol. The summed E-state index contributed by atoms with van der Waals surface area (Å²) in [7, 11) is 0. The molecule has 0 aliphatic carbocycles. The summed E-state index contributed by atoms with van der Waals surface area (Å²) in [6, 6.07) is 5.55. The number of hydrogen-bond acceptors (Lipinski definition) is 8. The standard InChI is InChI=1S/C30H35Cl2F3N6O3/c1-17-15-40(12-10-24(17)39-11-4-5-20(16-39)6-9-26(42)44-29(43)30(33,34)35)25-14-36-27-18(2)38-41(28(27)37-25)19(3)22-8-7-21(31)13-23(22)32/h7-8,13-14,17,19-20,24H,4-6,9-12,15-16H2,1-3H3/t17-,19+,20-,24+/m0/s1. The molecule has 9 nitrogen and oxygen atoms in total. The van der Waals surface area contributed by atoms with Crippen LogP contribution in [0.1, 0.15) is 63.3 Å². The van der Waals surface area contributed by atoms with Crippen LogP contribution in [0.3, 0.4) is 0 Å². The van der Waals surface area contributed by atoms with Crippen LogP contribution in [-0.2, 0) is 14.3 Å². The predicted molar refractivity (Wildman–Crippen MR) is 161 cm³/mol. The molecule has 2 fully saturated rings. The van der Waals surface area contributed by atoms with E-state index in [2.05, 4.69) is 21.5 Å². The van der Waals surface area contributed by atoms with E-state index < -0.39 is 18.1 Å². The van der Waals surface area contributed by atoms with Gasteiger partial charge in [-0.3, -0.25) is 9.69 Å². The highest BCUT2D eigenvalue weighted by atomic mass is 35.5. The quantitative estimate of drug-likeness (QED) is 0.214. The van der Waals surface area contributed by atoms with E-state index in [1.165, 1.54) is 0 Å². The van der Waals surface area contributed by atoms with Crippen LogP contribution in [0.2, 0.25) is 10.0 Å². The van der Waals surface area contributed by atoms with Crippen LogP contribution in [0.15, 0.2) is 24.4 Å². The number of aromatic nitrogens is 4. The van der Waals surface area contributed by atoms with Gasteiger partial charge < -0.3 is 9.64 Å². The first kappa shape index (κ1) is 32.4. The van der Waals surface area contributed by atoms with E-state index in [1.54, 1.807) is 18.3 Å². The van der Waals surface area contributed by atoms with Gasteiger partial charge >= 0.3 is 18.1 Å². The Morgan fingerprint density at radius 2 is 1.93 bits per heavy atom. The second kappa shape index (κ2) is 13.2. The first-order chi connectivity index (χ1) is 20.8. The summed E-state index contributed by atoms with van der Waals surface area (Å²) in [5.74, 6) is -2.35. The van der Waals surface area contributed by atoms with E-state index in [1.807, 2.05) is 24.6 Å². The first-order valence-electron chi connectivity index (χ1n) is 14.8. The Bertz CT molecular complexity index is 1530. The second-order valence-corrected chi connectivity index (χ2v) is 12.7. The van der Waals surface area contributed by atoms with Crippen molar-refractivity contribution >= 4 is 52.1 Å². The van der Waals surface area contributed by atoms with E-state index in [0.717, 1.165) is 68.0 Å². The maximum Gasteiger partial charge on any atom is 0.491 e. The first-order valence-corrected chi connectivity index (χ1v) is 15.5. The number of carbonyl (C=O) groups excluding carboxylic acids is 2. The Labute approximate surface area is 263 Å². The van der Waals surface area contributed by atoms with Gasteiger partial charge in [0.15, 0.2) is 5.65 Å². The Morgan fingerprint density at radius 1 is 1.16 bits per heavy atom. The lowest BCUT2D eigenvalue weighted by atomic mass is 9.87. The number of aryl methyl sites for hydroxylation is 1. The molecule has 0 spiro atoms. The number of alkyl halides is 3. The lowest BCUT2D eigenvalue weighted by Gasteiger charge is -2.46. The van der Waals surface area contributed by atoms with Crippen molar-refractivity contribution in [2.45, 2.75) is 71.1 Å². The molecule has 14 heteroatoms. The molecule has 3 aromatic rings. The minimum Gasteiger partial charge on any atom is -0.386 e. The number of halogens is 5. The molecule has 4 heterocycles. The second-order valence-electron chi connectivity index (χ2n) is 11.9. The molecule has 2 aliphatic rings. The SMILES string of the molecule is Cc1nn([C@H](C)c2ccc(Cl)cc2Cl)c2nc(N3CC[C@@H](N4CCC[C@@H](CCC(=O)OC(=O)C(F)(F)F)C4)[C@@H](C)C3)cnc12. The van der Waals surface area contributed by atoms with Crippen LogP contribution in [0.4, 0.5) is 19.0 Å². The third-order valence-corrected chi connectivity index (χ3v) is 9.30. The number of nitrogens with zero attached hydrogens (tertiary/aromatic N) is 6. The molecule has 1 aromatic carbocycles. The maximum absolute atomic E-state index is 12.4. The third-order valence-electron chi connectivity index (χ3n) is 8.74. The van der Waals surface area contributed by atoms with Gasteiger partial charge in [-0.05, 0) is 75.6 Å². The number of benzene rings is 1. The van der Waals surface area contributed by atoms with E-state index >= 15 is 0 Å². The molecule has 4 atom stereocenters. The molecule has 2 aromatic heterocycles. The minimum absolute atomic E-state index is 0.149. The number of piperidine rings is 2. The number of carbonyl (C=O) groups is 2. The Kier molecular flexibility index (Phi) is 9.72. The number of fused-ring (bicyclic) bond motifs is 1. The maximum atomic E-state index is 12.4. The Morgan fingerprint density at radius 3 is 2.64 bits per heavy atom.